The lowest BCUT2D eigenvalue weighted by Gasteiger charge is -2.22. The Balaban J connectivity index is 0.00000133. The molecule has 2 aromatic rings. The molecule has 104 valence electrons. The van der Waals surface area contributed by atoms with Crippen molar-refractivity contribution in [3.05, 3.63) is 24.3 Å². The molecule has 3 rings (SSSR count). The van der Waals surface area contributed by atoms with Gasteiger partial charge in [0.25, 0.3) is 0 Å². The maximum absolute atomic E-state index is 5.84. The van der Waals surface area contributed by atoms with Crippen molar-refractivity contribution in [2.24, 2.45) is 5.92 Å². The number of nitrogens with one attached hydrogen (secondary N) is 1. The SMILES string of the molecule is Cl.c1ccc2c(OCCC3CCNCC3)nsc2c1. The molecule has 5 heteroatoms. The summed E-state index contributed by atoms with van der Waals surface area (Å²) in [5, 5.41) is 4.54. The van der Waals surface area contributed by atoms with E-state index in [0.717, 1.165) is 43.3 Å². The summed E-state index contributed by atoms with van der Waals surface area (Å²) in [5.41, 5.74) is 0. The fourth-order valence-corrected chi connectivity index (χ4v) is 3.18. The van der Waals surface area contributed by atoms with Crippen molar-refractivity contribution in [2.45, 2.75) is 19.3 Å². The van der Waals surface area contributed by atoms with E-state index in [1.807, 2.05) is 12.1 Å². The quantitative estimate of drug-likeness (QED) is 0.938. The van der Waals surface area contributed by atoms with Gasteiger partial charge in [-0.1, -0.05) is 12.1 Å². The van der Waals surface area contributed by atoms with Gasteiger partial charge in [0.15, 0.2) is 0 Å². The molecular formula is C14H19ClN2OS. The van der Waals surface area contributed by atoms with E-state index in [1.165, 1.54) is 29.1 Å². The van der Waals surface area contributed by atoms with Crippen LogP contribution in [-0.2, 0) is 0 Å². The summed E-state index contributed by atoms with van der Waals surface area (Å²) in [5.74, 6) is 1.63. The van der Waals surface area contributed by atoms with Gasteiger partial charge in [-0.05, 0) is 61.9 Å². The number of aromatic nitrogens is 1. The Morgan fingerprint density at radius 2 is 2.05 bits per heavy atom. The van der Waals surface area contributed by atoms with Crippen LogP contribution in [0.4, 0.5) is 0 Å². The van der Waals surface area contributed by atoms with E-state index in [2.05, 4.69) is 21.8 Å². The molecule has 0 spiro atoms. The number of benzene rings is 1. The predicted octanol–water partition coefficient (Wildman–Crippen LogP) is 3.49. The highest BCUT2D eigenvalue weighted by Crippen LogP contribution is 2.28. The number of nitrogens with zero attached hydrogens (tertiary/aromatic N) is 1. The molecule has 1 fully saturated rings. The smallest absolute Gasteiger partial charge is 0.233 e. The highest BCUT2D eigenvalue weighted by Gasteiger charge is 2.13. The Bertz CT molecular complexity index is 511. The number of rotatable bonds is 4. The van der Waals surface area contributed by atoms with E-state index in [0.29, 0.717) is 0 Å². The Labute approximate surface area is 123 Å². The lowest BCUT2D eigenvalue weighted by Crippen LogP contribution is -2.28. The molecule has 0 bridgehead atoms. The maximum atomic E-state index is 5.84. The number of piperidine rings is 1. The van der Waals surface area contributed by atoms with Gasteiger partial charge in [-0.15, -0.1) is 12.4 Å². The molecule has 1 aliphatic rings. The van der Waals surface area contributed by atoms with Crippen LogP contribution in [-0.4, -0.2) is 24.1 Å². The topological polar surface area (TPSA) is 34.1 Å². The molecule has 19 heavy (non-hydrogen) atoms. The van der Waals surface area contributed by atoms with E-state index >= 15 is 0 Å². The number of ether oxygens (including phenoxy) is 1. The first-order valence-electron chi connectivity index (χ1n) is 6.61. The van der Waals surface area contributed by atoms with Gasteiger partial charge in [-0.3, -0.25) is 0 Å². The van der Waals surface area contributed by atoms with Crippen LogP contribution in [0.1, 0.15) is 19.3 Å². The molecule has 1 saturated heterocycles. The first-order valence-corrected chi connectivity index (χ1v) is 7.39. The summed E-state index contributed by atoms with van der Waals surface area (Å²) in [6.45, 7) is 3.10. The summed E-state index contributed by atoms with van der Waals surface area (Å²) >= 11 is 1.51. The largest absolute Gasteiger partial charge is 0.477 e. The third-order valence-corrected chi connectivity index (χ3v) is 4.38. The van der Waals surface area contributed by atoms with Gasteiger partial charge >= 0.3 is 0 Å². The van der Waals surface area contributed by atoms with E-state index in [1.54, 1.807) is 0 Å². The summed E-state index contributed by atoms with van der Waals surface area (Å²) in [6.07, 6.45) is 3.70. The molecule has 0 unspecified atom stereocenters. The predicted molar refractivity (Wildman–Crippen MR) is 82.6 cm³/mol. The number of fused-ring (bicyclic) bond motifs is 1. The van der Waals surface area contributed by atoms with Crippen molar-refractivity contribution < 1.29 is 4.74 Å². The van der Waals surface area contributed by atoms with Gasteiger partial charge in [0.2, 0.25) is 5.88 Å². The van der Waals surface area contributed by atoms with Crippen LogP contribution in [0.3, 0.4) is 0 Å². The summed E-state index contributed by atoms with van der Waals surface area (Å²) in [7, 11) is 0. The molecule has 1 aromatic carbocycles. The van der Waals surface area contributed by atoms with Crippen molar-refractivity contribution in [3.8, 4) is 5.88 Å². The van der Waals surface area contributed by atoms with Crippen LogP contribution in [0.25, 0.3) is 10.1 Å². The molecule has 0 atom stereocenters. The molecule has 1 aliphatic heterocycles. The standard InChI is InChI=1S/C14H18N2OS.ClH/c1-2-4-13-12(3-1)14(16-18-13)17-10-7-11-5-8-15-9-6-11;/h1-4,11,15H,5-10H2;1H. The minimum absolute atomic E-state index is 0. The van der Waals surface area contributed by atoms with Crippen LogP contribution in [0.5, 0.6) is 5.88 Å². The fourth-order valence-electron chi connectivity index (χ4n) is 2.46. The van der Waals surface area contributed by atoms with Gasteiger partial charge in [0, 0.05) is 0 Å². The second-order valence-electron chi connectivity index (χ2n) is 4.81. The van der Waals surface area contributed by atoms with Gasteiger partial charge < -0.3 is 10.1 Å². The number of hydrogen-bond acceptors (Lipinski definition) is 4. The molecular weight excluding hydrogens is 280 g/mol. The van der Waals surface area contributed by atoms with Crippen molar-refractivity contribution in [1.82, 2.24) is 9.69 Å². The van der Waals surface area contributed by atoms with Gasteiger partial charge in [-0.2, -0.15) is 4.37 Å². The van der Waals surface area contributed by atoms with Crippen LogP contribution in [0.15, 0.2) is 24.3 Å². The molecule has 0 saturated carbocycles. The molecule has 2 heterocycles. The van der Waals surface area contributed by atoms with E-state index in [-0.39, 0.29) is 12.4 Å². The Kier molecular flexibility index (Phi) is 5.43. The highest BCUT2D eigenvalue weighted by molar-refractivity contribution is 7.13. The molecule has 3 nitrogen and oxygen atoms in total. The summed E-state index contributed by atoms with van der Waals surface area (Å²) in [4.78, 5) is 0. The zero-order valence-electron chi connectivity index (χ0n) is 10.8. The second kappa shape index (κ2) is 7.08. The third kappa shape index (κ3) is 3.59. The van der Waals surface area contributed by atoms with Crippen molar-refractivity contribution in [3.63, 3.8) is 0 Å². The Morgan fingerprint density at radius 1 is 1.26 bits per heavy atom. The van der Waals surface area contributed by atoms with Crippen LogP contribution in [0.2, 0.25) is 0 Å². The van der Waals surface area contributed by atoms with Crippen LogP contribution in [0, 0.1) is 5.92 Å². The third-order valence-electron chi connectivity index (χ3n) is 3.57. The van der Waals surface area contributed by atoms with Crippen molar-refractivity contribution in [1.29, 1.82) is 0 Å². The Hall–Kier alpha value is -0.840. The number of halogens is 1. The van der Waals surface area contributed by atoms with Crippen molar-refractivity contribution >= 4 is 34.0 Å². The number of hydrogen-bond donors (Lipinski definition) is 1. The second-order valence-corrected chi connectivity index (χ2v) is 5.62. The summed E-state index contributed by atoms with van der Waals surface area (Å²) < 4.78 is 11.4. The highest BCUT2D eigenvalue weighted by atomic mass is 35.5. The van der Waals surface area contributed by atoms with Gasteiger partial charge in [0.1, 0.15) is 0 Å². The molecule has 0 aliphatic carbocycles. The monoisotopic (exact) mass is 298 g/mol. The van der Waals surface area contributed by atoms with Gasteiger partial charge in [-0.25, -0.2) is 0 Å². The first-order chi connectivity index (χ1) is 8.93. The van der Waals surface area contributed by atoms with Crippen LogP contribution >= 0.6 is 23.9 Å². The maximum Gasteiger partial charge on any atom is 0.233 e. The van der Waals surface area contributed by atoms with Crippen molar-refractivity contribution in [2.75, 3.05) is 19.7 Å². The first kappa shape index (κ1) is 14.6. The molecule has 0 amide bonds. The average molecular weight is 299 g/mol. The van der Waals surface area contributed by atoms with Crippen LogP contribution < -0.4 is 10.1 Å². The van der Waals surface area contributed by atoms with E-state index in [4.69, 9.17) is 4.74 Å². The fraction of sp³-hybridized carbons (Fsp3) is 0.500. The summed E-state index contributed by atoms with van der Waals surface area (Å²) in [6, 6.07) is 8.25. The normalized spacial score (nSPS) is 16.2. The van der Waals surface area contributed by atoms with E-state index in [9.17, 15) is 0 Å². The molecule has 1 N–H and O–H groups in total. The molecule has 0 radical (unpaired) electrons. The lowest BCUT2D eigenvalue weighted by atomic mass is 9.95. The zero-order valence-corrected chi connectivity index (χ0v) is 12.4. The minimum atomic E-state index is 0. The average Bonchev–Trinajstić information content (AvgIpc) is 2.84. The van der Waals surface area contributed by atoms with E-state index < -0.39 is 0 Å². The lowest BCUT2D eigenvalue weighted by molar-refractivity contribution is 0.249. The van der Waals surface area contributed by atoms with Gasteiger partial charge in [0.05, 0.1) is 16.7 Å². The Morgan fingerprint density at radius 3 is 2.89 bits per heavy atom. The molecule has 1 aromatic heterocycles. The zero-order chi connectivity index (χ0) is 12.2. The minimum Gasteiger partial charge on any atom is -0.477 e.